The number of anilines is 1. The number of aliphatic hydroxyl groups is 1. The molecule has 37 heavy (non-hydrogen) atoms. The number of aryl methyl sites for hydroxylation is 1. The summed E-state index contributed by atoms with van der Waals surface area (Å²) >= 11 is 1.30. The number of ketones is 1. The predicted octanol–water partition coefficient (Wildman–Crippen LogP) is 5.26. The lowest BCUT2D eigenvalue weighted by Crippen LogP contribution is -2.29. The second-order valence-electron chi connectivity index (χ2n) is 8.47. The molecule has 2 heterocycles. The Morgan fingerprint density at radius 2 is 1.62 bits per heavy atom. The average molecular weight is 517 g/mol. The quantitative estimate of drug-likeness (QED) is 0.212. The number of nitrogens with zero attached hydrogens (tertiary/aromatic N) is 2. The molecule has 1 aliphatic heterocycles. The Kier molecular flexibility index (Phi) is 6.31. The zero-order valence-electron chi connectivity index (χ0n) is 20.6. The zero-order chi connectivity index (χ0) is 26.3. The molecule has 0 bridgehead atoms. The van der Waals surface area contributed by atoms with Crippen molar-refractivity contribution < 1.29 is 28.9 Å². The van der Waals surface area contributed by atoms with Crippen LogP contribution in [0.5, 0.6) is 17.2 Å². The largest absolute Gasteiger partial charge is 0.507 e. The highest BCUT2D eigenvalue weighted by Crippen LogP contribution is 2.47. The maximum absolute atomic E-state index is 13.5. The standard InChI is InChI=1S/C28H24N2O6S/c1-15-5-11-20-22(13-15)37-28(29-20)30-24(19-14-18(35-3)10-12-21(19)36-4)23(26(32)27(30)33)25(31)16-6-8-17(34-2)9-7-16/h5-14,24,31H,1-4H3/b25-23+/t24-/m0/s1. The Morgan fingerprint density at radius 3 is 2.30 bits per heavy atom. The van der Waals surface area contributed by atoms with E-state index in [1.165, 1.54) is 37.6 Å². The molecule has 188 valence electrons. The number of ether oxygens (including phenoxy) is 3. The van der Waals surface area contributed by atoms with Gasteiger partial charge >= 0.3 is 5.91 Å². The number of carbonyl (C=O) groups is 2. The average Bonchev–Trinajstić information content (AvgIpc) is 3.45. The first-order valence-electron chi connectivity index (χ1n) is 11.4. The zero-order valence-corrected chi connectivity index (χ0v) is 21.5. The fraction of sp³-hybridized carbons (Fsp3) is 0.179. The third-order valence-electron chi connectivity index (χ3n) is 6.28. The highest BCUT2D eigenvalue weighted by Gasteiger charge is 2.49. The van der Waals surface area contributed by atoms with Gasteiger partial charge in [0.05, 0.1) is 37.1 Å². The first-order chi connectivity index (χ1) is 17.9. The summed E-state index contributed by atoms with van der Waals surface area (Å²) in [7, 11) is 4.56. The van der Waals surface area contributed by atoms with Crippen molar-refractivity contribution in [1.29, 1.82) is 0 Å². The van der Waals surface area contributed by atoms with Gasteiger partial charge in [0.15, 0.2) is 5.13 Å². The Hall–Kier alpha value is -4.37. The number of aliphatic hydroxyl groups excluding tert-OH is 1. The number of methoxy groups -OCH3 is 3. The number of fused-ring (bicyclic) bond motifs is 1. The molecule has 0 saturated carbocycles. The summed E-state index contributed by atoms with van der Waals surface area (Å²) in [5.41, 5.74) is 2.53. The minimum Gasteiger partial charge on any atom is -0.507 e. The number of hydrogen-bond donors (Lipinski definition) is 1. The van der Waals surface area contributed by atoms with Gasteiger partial charge in [-0.1, -0.05) is 17.4 Å². The molecule has 1 atom stereocenters. The molecule has 3 aromatic carbocycles. The van der Waals surface area contributed by atoms with Gasteiger partial charge in [0, 0.05) is 11.1 Å². The van der Waals surface area contributed by atoms with Crippen molar-refractivity contribution in [1.82, 2.24) is 4.98 Å². The minimum absolute atomic E-state index is 0.0721. The van der Waals surface area contributed by atoms with Crippen LogP contribution < -0.4 is 19.1 Å². The van der Waals surface area contributed by atoms with Crippen LogP contribution in [-0.2, 0) is 9.59 Å². The van der Waals surface area contributed by atoms with E-state index in [-0.39, 0.29) is 11.3 Å². The van der Waals surface area contributed by atoms with E-state index in [0.29, 0.717) is 39.0 Å². The van der Waals surface area contributed by atoms with E-state index >= 15 is 0 Å². The third kappa shape index (κ3) is 4.17. The number of rotatable bonds is 6. The van der Waals surface area contributed by atoms with E-state index in [2.05, 4.69) is 4.98 Å². The van der Waals surface area contributed by atoms with Crippen molar-refractivity contribution in [3.8, 4) is 17.2 Å². The maximum Gasteiger partial charge on any atom is 0.301 e. The molecule has 4 aromatic rings. The van der Waals surface area contributed by atoms with E-state index in [1.807, 2.05) is 25.1 Å². The lowest BCUT2D eigenvalue weighted by molar-refractivity contribution is -0.132. The molecule has 1 aliphatic rings. The summed E-state index contributed by atoms with van der Waals surface area (Å²) in [4.78, 5) is 33.0. The molecular formula is C28H24N2O6S. The lowest BCUT2D eigenvalue weighted by Gasteiger charge is -2.25. The summed E-state index contributed by atoms with van der Waals surface area (Å²) in [5.74, 6) is -0.400. The van der Waals surface area contributed by atoms with Crippen LogP contribution in [0.4, 0.5) is 5.13 Å². The van der Waals surface area contributed by atoms with Gasteiger partial charge in [-0.2, -0.15) is 0 Å². The van der Waals surface area contributed by atoms with Crippen LogP contribution >= 0.6 is 11.3 Å². The Balaban J connectivity index is 1.77. The minimum atomic E-state index is -1.01. The van der Waals surface area contributed by atoms with Gasteiger partial charge in [-0.05, 0) is 67.1 Å². The van der Waals surface area contributed by atoms with Gasteiger partial charge < -0.3 is 19.3 Å². The molecule has 9 heteroatoms. The molecule has 1 amide bonds. The molecule has 1 aromatic heterocycles. The van der Waals surface area contributed by atoms with Crippen LogP contribution in [0.2, 0.25) is 0 Å². The second-order valence-corrected chi connectivity index (χ2v) is 9.48. The van der Waals surface area contributed by atoms with Crippen molar-refractivity contribution in [3.63, 3.8) is 0 Å². The van der Waals surface area contributed by atoms with Crippen LogP contribution in [0.3, 0.4) is 0 Å². The monoisotopic (exact) mass is 516 g/mol. The molecule has 0 radical (unpaired) electrons. The summed E-state index contributed by atoms with van der Waals surface area (Å²) < 4.78 is 17.1. The first-order valence-corrected chi connectivity index (χ1v) is 12.2. The Labute approximate surface area is 217 Å². The highest BCUT2D eigenvalue weighted by molar-refractivity contribution is 7.22. The summed E-state index contributed by atoms with van der Waals surface area (Å²) in [6, 6.07) is 16.5. The molecule has 0 spiro atoms. The smallest absolute Gasteiger partial charge is 0.301 e. The van der Waals surface area contributed by atoms with Crippen molar-refractivity contribution in [2.24, 2.45) is 0 Å². The van der Waals surface area contributed by atoms with E-state index in [9.17, 15) is 14.7 Å². The predicted molar refractivity (Wildman–Crippen MR) is 142 cm³/mol. The summed E-state index contributed by atoms with van der Waals surface area (Å²) in [5, 5.41) is 11.7. The molecule has 8 nitrogen and oxygen atoms in total. The molecule has 1 fully saturated rings. The maximum atomic E-state index is 13.5. The van der Waals surface area contributed by atoms with Gasteiger partial charge in [0.1, 0.15) is 29.0 Å². The van der Waals surface area contributed by atoms with E-state index in [4.69, 9.17) is 14.2 Å². The fourth-order valence-corrected chi connectivity index (χ4v) is 5.49. The number of aromatic nitrogens is 1. The molecule has 0 aliphatic carbocycles. The number of thiazole rings is 1. The molecular weight excluding hydrogens is 492 g/mol. The van der Waals surface area contributed by atoms with E-state index in [0.717, 1.165) is 10.3 Å². The van der Waals surface area contributed by atoms with Gasteiger partial charge in [-0.3, -0.25) is 14.5 Å². The molecule has 1 saturated heterocycles. The molecule has 0 unspecified atom stereocenters. The summed E-state index contributed by atoms with van der Waals surface area (Å²) in [6.07, 6.45) is 0. The topological polar surface area (TPSA) is 98.2 Å². The SMILES string of the molecule is COc1ccc(/C(O)=C2\C(=O)C(=O)N(c3nc4ccc(C)cc4s3)[C@H]2c2cc(OC)ccc2OC)cc1. The molecule has 5 rings (SSSR count). The Bertz CT molecular complexity index is 1560. The number of hydrogen-bond acceptors (Lipinski definition) is 8. The van der Waals surface area contributed by atoms with Crippen molar-refractivity contribution in [3.05, 3.63) is 82.9 Å². The third-order valence-corrected chi connectivity index (χ3v) is 7.30. The van der Waals surface area contributed by atoms with Crippen LogP contribution in [0.25, 0.3) is 16.0 Å². The first kappa shape index (κ1) is 24.3. The second kappa shape index (κ2) is 9.59. The van der Waals surface area contributed by atoms with Crippen molar-refractivity contribution in [2.75, 3.05) is 26.2 Å². The Morgan fingerprint density at radius 1 is 0.919 bits per heavy atom. The van der Waals surface area contributed by atoms with Gasteiger partial charge in [0.2, 0.25) is 0 Å². The van der Waals surface area contributed by atoms with Crippen LogP contribution in [0, 0.1) is 6.92 Å². The van der Waals surface area contributed by atoms with Crippen LogP contribution in [0.1, 0.15) is 22.7 Å². The number of Topliss-reactive ketones (excluding diaryl/α,β-unsaturated/α-hetero) is 1. The fourth-order valence-electron chi connectivity index (χ4n) is 4.40. The van der Waals surface area contributed by atoms with Gasteiger partial charge in [-0.25, -0.2) is 4.98 Å². The lowest BCUT2D eigenvalue weighted by atomic mass is 9.94. The van der Waals surface area contributed by atoms with Crippen LogP contribution in [0.15, 0.2) is 66.2 Å². The van der Waals surface area contributed by atoms with Gasteiger partial charge in [0.25, 0.3) is 5.78 Å². The van der Waals surface area contributed by atoms with E-state index in [1.54, 1.807) is 42.5 Å². The highest BCUT2D eigenvalue weighted by atomic mass is 32.1. The van der Waals surface area contributed by atoms with Crippen molar-refractivity contribution >= 4 is 44.1 Å². The number of carbonyl (C=O) groups excluding carboxylic acids is 2. The number of benzene rings is 3. The number of amides is 1. The molecule has 1 N–H and O–H groups in total. The summed E-state index contributed by atoms with van der Waals surface area (Å²) in [6.45, 7) is 1.97. The normalized spacial score (nSPS) is 16.9. The van der Waals surface area contributed by atoms with Crippen molar-refractivity contribution in [2.45, 2.75) is 13.0 Å². The van der Waals surface area contributed by atoms with Crippen LogP contribution in [-0.4, -0.2) is 43.1 Å². The van der Waals surface area contributed by atoms with Gasteiger partial charge in [-0.15, -0.1) is 0 Å². The van der Waals surface area contributed by atoms with E-state index < -0.39 is 17.7 Å².